The fourth-order valence-electron chi connectivity index (χ4n) is 2.55. The topological polar surface area (TPSA) is 83.1 Å². The summed E-state index contributed by atoms with van der Waals surface area (Å²) in [5, 5.41) is 10.2. The SMILES string of the molecule is CC(=O)Nc1ccc(NC(=O)Cc2csc(Nc3cccc(C(F)(F)F)c3)n2)cc1. The lowest BCUT2D eigenvalue weighted by Gasteiger charge is -2.09. The first-order valence-corrected chi connectivity index (χ1v) is 9.63. The van der Waals surface area contributed by atoms with Gasteiger partial charge < -0.3 is 16.0 Å². The molecule has 0 aliphatic carbocycles. The van der Waals surface area contributed by atoms with Crippen LogP contribution >= 0.6 is 11.3 Å². The molecule has 2 amide bonds. The Kier molecular flexibility index (Phi) is 6.36. The fourth-order valence-corrected chi connectivity index (χ4v) is 3.28. The maximum absolute atomic E-state index is 12.8. The molecular weight excluding hydrogens is 417 g/mol. The van der Waals surface area contributed by atoms with E-state index in [-0.39, 0.29) is 23.9 Å². The summed E-state index contributed by atoms with van der Waals surface area (Å²) in [6, 6.07) is 11.4. The molecule has 0 spiro atoms. The summed E-state index contributed by atoms with van der Waals surface area (Å²) in [5.74, 6) is -0.483. The van der Waals surface area contributed by atoms with Crippen molar-refractivity contribution in [3.05, 3.63) is 65.2 Å². The molecule has 3 aromatic rings. The number of alkyl halides is 3. The minimum absolute atomic E-state index is 0.00815. The van der Waals surface area contributed by atoms with Gasteiger partial charge in [-0.1, -0.05) is 6.07 Å². The number of thiazole rings is 1. The van der Waals surface area contributed by atoms with Gasteiger partial charge in [-0.25, -0.2) is 4.98 Å². The van der Waals surface area contributed by atoms with Crippen LogP contribution < -0.4 is 16.0 Å². The van der Waals surface area contributed by atoms with Crippen LogP contribution in [0.15, 0.2) is 53.9 Å². The van der Waals surface area contributed by atoms with Crippen molar-refractivity contribution in [1.82, 2.24) is 4.98 Å². The van der Waals surface area contributed by atoms with E-state index in [0.29, 0.717) is 22.2 Å². The number of rotatable bonds is 6. The normalized spacial score (nSPS) is 11.1. The van der Waals surface area contributed by atoms with Gasteiger partial charge in [-0.2, -0.15) is 13.2 Å². The van der Waals surface area contributed by atoms with Crippen LogP contribution in [0.5, 0.6) is 0 Å². The molecule has 30 heavy (non-hydrogen) atoms. The molecule has 1 aromatic heterocycles. The van der Waals surface area contributed by atoms with Gasteiger partial charge >= 0.3 is 6.18 Å². The molecule has 0 aliphatic heterocycles. The van der Waals surface area contributed by atoms with Crippen molar-refractivity contribution in [2.24, 2.45) is 0 Å². The molecule has 0 aliphatic rings. The second-order valence-corrected chi connectivity index (χ2v) is 7.19. The van der Waals surface area contributed by atoms with Crippen LogP contribution in [0.1, 0.15) is 18.2 Å². The van der Waals surface area contributed by atoms with E-state index in [4.69, 9.17) is 0 Å². The second-order valence-electron chi connectivity index (χ2n) is 6.33. The van der Waals surface area contributed by atoms with Crippen molar-refractivity contribution in [1.29, 1.82) is 0 Å². The summed E-state index contributed by atoms with van der Waals surface area (Å²) in [7, 11) is 0. The highest BCUT2D eigenvalue weighted by molar-refractivity contribution is 7.13. The minimum atomic E-state index is -4.43. The number of anilines is 4. The van der Waals surface area contributed by atoms with E-state index in [0.717, 1.165) is 12.1 Å². The van der Waals surface area contributed by atoms with Crippen LogP contribution in [0.4, 0.5) is 35.4 Å². The number of benzene rings is 2. The van der Waals surface area contributed by atoms with Crippen molar-refractivity contribution in [3.63, 3.8) is 0 Å². The third-order valence-corrected chi connectivity index (χ3v) is 4.63. The summed E-state index contributed by atoms with van der Waals surface area (Å²) in [6.07, 6.45) is -4.42. The molecule has 6 nitrogen and oxygen atoms in total. The summed E-state index contributed by atoms with van der Waals surface area (Å²) in [6.45, 7) is 1.40. The fraction of sp³-hybridized carbons (Fsp3) is 0.150. The Morgan fingerprint density at radius 1 is 1.00 bits per heavy atom. The van der Waals surface area contributed by atoms with Crippen LogP contribution in [0.25, 0.3) is 0 Å². The summed E-state index contributed by atoms with van der Waals surface area (Å²) >= 11 is 1.19. The van der Waals surface area contributed by atoms with Crippen molar-refractivity contribution < 1.29 is 22.8 Å². The molecule has 156 valence electrons. The number of nitrogens with one attached hydrogen (secondary N) is 3. The Morgan fingerprint density at radius 2 is 1.67 bits per heavy atom. The van der Waals surface area contributed by atoms with Gasteiger partial charge in [-0.05, 0) is 42.5 Å². The number of aromatic nitrogens is 1. The van der Waals surface area contributed by atoms with Crippen molar-refractivity contribution in [2.75, 3.05) is 16.0 Å². The zero-order valence-electron chi connectivity index (χ0n) is 15.7. The predicted molar refractivity (Wildman–Crippen MR) is 110 cm³/mol. The maximum atomic E-state index is 12.8. The van der Waals surface area contributed by atoms with E-state index >= 15 is 0 Å². The molecule has 2 aromatic carbocycles. The quantitative estimate of drug-likeness (QED) is 0.507. The van der Waals surface area contributed by atoms with E-state index in [9.17, 15) is 22.8 Å². The van der Waals surface area contributed by atoms with Gasteiger partial charge in [0, 0.05) is 29.4 Å². The number of carbonyl (C=O) groups is 2. The molecule has 0 radical (unpaired) electrons. The zero-order chi connectivity index (χ0) is 21.7. The Labute approximate surface area is 174 Å². The van der Waals surface area contributed by atoms with Gasteiger partial charge in [0.1, 0.15) is 0 Å². The monoisotopic (exact) mass is 434 g/mol. The number of hydrogen-bond donors (Lipinski definition) is 3. The van der Waals surface area contributed by atoms with Gasteiger partial charge in [-0.3, -0.25) is 9.59 Å². The lowest BCUT2D eigenvalue weighted by atomic mass is 10.2. The maximum Gasteiger partial charge on any atom is 0.416 e. The number of nitrogens with zero attached hydrogens (tertiary/aromatic N) is 1. The molecule has 0 saturated carbocycles. The average Bonchev–Trinajstić information content (AvgIpc) is 3.09. The van der Waals surface area contributed by atoms with Crippen LogP contribution in [0.2, 0.25) is 0 Å². The first kappa shape index (κ1) is 21.3. The van der Waals surface area contributed by atoms with Crippen molar-refractivity contribution in [3.8, 4) is 0 Å². The number of amides is 2. The highest BCUT2D eigenvalue weighted by Gasteiger charge is 2.30. The van der Waals surface area contributed by atoms with Gasteiger partial charge in [0.15, 0.2) is 5.13 Å². The standard InChI is InChI=1S/C20H17F3N4O2S/c1-12(28)24-14-5-7-15(8-6-14)25-18(29)10-17-11-30-19(27-17)26-16-4-2-3-13(9-16)20(21,22)23/h2-9,11H,10H2,1H3,(H,24,28)(H,25,29)(H,26,27). The lowest BCUT2D eigenvalue weighted by molar-refractivity contribution is -0.137. The summed E-state index contributed by atoms with van der Waals surface area (Å²) in [4.78, 5) is 27.5. The lowest BCUT2D eigenvalue weighted by Crippen LogP contribution is -2.14. The highest BCUT2D eigenvalue weighted by Crippen LogP contribution is 2.31. The third-order valence-electron chi connectivity index (χ3n) is 3.82. The predicted octanol–water partition coefficient (Wildman–Crippen LogP) is 5.05. The molecule has 3 N–H and O–H groups in total. The van der Waals surface area contributed by atoms with Gasteiger partial charge in [0.2, 0.25) is 11.8 Å². The minimum Gasteiger partial charge on any atom is -0.332 e. The molecular formula is C20H17F3N4O2S. The van der Waals surface area contributed by atoms with E-state index in [1.807, 2.05) is 0 Å². The number of hydrogen-bond acceptors (Lipinski definition) is 5. The van der Waals surface area contributed by atoms with Crippen LogP contribution in [-0.4, -0.2) is 16.8 Å². The van der Waals surface area contributed by atoms with Crippen LogP contribution in [0, 0.1) is 0 Å². The largest absolute Gasteiger partial charge is 0.416 e. The first-order valence-electron chi connectivity index (χ1n) is 8.75. The van der Waals surface area contributed by atoms with Gasteiger partial charge in [-0.15, -0.1) is 11.3 Å². The van der Waals surface area contributed by atoms with E-state index < -0.39 is 11.7 Å². The van der Waals surface area contributed by atoms with Gasteiger partial charge in [0.25, 0.3) is 0 Å². The van der Waals surface area contributed by atoms with E-state index in [1.165, 1.54) is 30.4 Å². The molecule has 0 fully saturated rings. The summed E-state index contributed by atoms with van der Waals surface area (Å²) in [5.41, 5.74) is 1.17. The van der Waals surface area contributed by atoms with E-state index in [2.05, 4.69) is 20.9 Å². The molecule has 0 saturated heterocycles. The Hall–Kier alpha value is -3.40. The Morgan fingerprint density at radius 3 is 2.30 bits per heavy atom. The highest BCUT2D eigenvalue weighted by atomic mass is 32.1. The average molecular weight is 434 g/mol. The van der Waals surface area contributed by atoms with E-state index in [1.54, 1.807) is 29.6 Å². The van der Waals surface area contributed by atoms with Crippen LogP contribution in [-0.2, 0) is 22.2 Å². The number of halogens is 3. The first-order chi connectivity index (χ1) is 14.2. The van der Waals surface area contributed by atoms with Crippen LogP contribution in [0.3, 0.4) is 0 Å². The van der Waals surface area contributed by atoms with Gasteiger partial charge in [0.05, 0.1) is 17.7 Å². The smallest absolute Gasteiger partial charge is 0.332 e. The molecule has 1 heterocycles. The number of carbonyl (C=O) groups excluding carboxylic acids is 2. The Bertz CT molecular complexity index is 1050. The third kappa shape index (κ3) is 6.05. The van der Waals surface area contributed by atoms with Crippen molar-refractivity contribution >= 4 is 45.3 Å². The Balaban J connectivity index is 1.57. The molecule has 0 atom stereocenters. The van der Waals surface area contributed by atoms with Crippen molar-refractivity contribution in [2.45, 2.75) is 19.5 Å². The second kappa shape index (κ2) is 8.95. The molecule has 10 heteroatoms. The summed E-state index contributed by atoms with van der Waals surface area (Å²) < 4.78 is 38.4. The zero-order valence-corrected chi connectivity index (χ0v) is 16.5. The molecule has 0 unspecified atom stereocenters. The molecule has 3 rings (SSSR count). The molecule has 0 bridgehead atoms.